The number of benzene rings is 2. The van der Waals surface area contributed by atoms with Crippen molar-refractivity contribution in [3.63, 3.8) is 0 Å². The number of allylic oxidation sites excluding steroid dienone is 2. The van der Waals surface area contributed by atoms with Crippen LogP contribution < -0.4 is 10.2 Å². The van der Waals surface area contributed by atoms with Crippen molar-refractivity contribution in [2.75, 3.05) is 10.2 Å². The fraction of sp³-hybridized carbons (Fsp3) is 0.250. The summed E-state index contributed by atoms with van der Waals surface area (Å²) in [6, 6.07) is 11.0. The van der Waals surface area contributed by atoms with Gasteiger partial charge in [-0.2, -0.15) is 0 Å². The first-order chi connectivity index (χ1) is 14.8. The largest absolute Gasteiger partial charge is 0.478 e. The Morgan fingerprint density at radius 2 is 1.68 bits per heavy atom. The highest BCUT2D eigenvalue weighted by atomic mass is 16.4. The molecule has 2 fully saturated rings. The number of amides is 3. The summed E-state index contributed by atoms with van der Waals surface area (Å²) < 4.78 is 0. The Bertz CT molecular complexity index is 1150. The number of carbonyl (C=O) groups is 4. The molecule has 2 aromatic rings. The zero-order valence-electron chi connectivity index (χ0n) is 16.7. The predicted molar refractivity (Wildman–Crippen MR) is 113 cm³/mol. The second-order valence-corrected chi connectivity index (χ2v) is 8.37. The number of rotatable bonds is 4. The molecular formula is C24H20N2O5. The summed E-state index contributed by atoms with van der Waals surface area (Å²) in [6.07, 6.45) is 4.92. The number of imide groups is 1. The van der Waals surface area contributed by atoms with E-state index >= 15 is 0 Å². The Morgan fingerprint density at radius 3 is 2.32 bits per heavy atom. The topological polar surface area (TPSA) is 104 Å². The normalized spacial score (nSPS) is 25.8. The van der Waals surface area contributed by atoms with Crippen molar-refractivity contribution in [3.05, 3.63) is 71.3 Å². The number of anilines is 2. The third kappa shape index (κ3) is 2.96. The molecule has 2 bridgehead atoms. The molecule has 2 N–H and O–H groups in total. The Balaban J connectivity index is 1.42. The number of hydrogen-bond donors (Lipinski definition) is 2. The summed E-state index contributed by atoms with van der Waals surface area (Å²) in [5.41, 5.74) is 1.56. The fourth-order valence-corrected chi connectivity index (χ4v) is 5.09. The van der Waals surface area contributed by atoms with Crippen LogP contribution in [0.4, 0.5) is 11.4 Å². The maximum atomic E-state index is 13.0. The van der Waals surface area contributed by atoms with Crippen LogP contribution in [0.15, 0.2) is 54.6 Å². The maximum Gasteiger partial charge on any atom is 0.337 e. The number of fused-ring (bicyclic) bond motifs is 5. The highest BCUT2D eigenvalue weighted by Gasteiger charge is 2.59. The molecule has 1 saturated heterocycles. The molecule has 2 aliphatic carbocycles. The fourth-order valence-electron chi connectivity index (χ4n) is 5.09. The summed E-state index contributed by atoms with van der Waals surface area (Å²) in [4.78, 5) is 51.6. The SMILES string of the molecule is Cc1ccc(C(=O)O)c(NC(=O)c2cccc(N3C(=O)[C@H]4[C@H](C3=O)[C@H]3C=C[C@H]4C3)c2)c1. The molecule has 156 valence electrons. The predicted octanol–water partition coefficient (Wildman–Crippen LogP) is 3.26. The van der Waals surface area contributed by atoms with E-state index in [1.54, 1.807) is 37.3 Å². The second-order valence-electron chi connectivity index (χ2n) is 8.37. The van der Waals surface area contributed by atoms with E-state index in [0.29, 0.717) is 5.69 Å². The van der Waals surface area contributed by atoms with E-state index < -0.39 is 11.9 Å². The lowest BCUT2D eigenvalue weighted by Crippen LogP contribution is -2.33. The van der Waals surface area contributed by atoms with Gasteiger partial charge >= 0.3 is 5.97 Å². The van der Waals surface area contributed by atoms with Gasteiger partial charge in [-0.05, 0) is 61.1 Å². The lowest BCUT2D eigenvalue weighted by molar-refractivity contribution is -0.123. The van der Waals surface area contributed by atoms with E-state index in [-0.39, 0.29) is 52.3 Å². The van der Waals surface area contributed by atoms with E-state index in [2.05, 4.69) is 5.32 Å². The van der Waals surface area contributed by atoms with Gasteiger partial charge in [0, 0.05) is 5.56 Å². The van der Waals surface area contributed by atoms with Crippen LogP contribution in [-0.4, -0.2) is 28.8 Å². The molecule has 4 atom stereocenters. The van der Waals surface area contributed by atoms with Crippen molar-refractivity contribution in [3.8, 4) is 0 Å². The number of nitrogens with one attached hydrogen (secondary N) is 1. The molecule has 1 aliphatic heterocycles. The van der Waals surface area contributed by atoms with Crippen molar-refractivity contribution in [2.24, 2.45) is 23.7 Å². The molecule has 3 aliphatic rings. The number of carboxylic acid groups (broad SMARTS) is 1. The molecule has 0 unspecified atom stereocenters. The van der Waals surface area contributed by atoms with Crippen molar-refractivity contribution in [1.82, 2.24) is 0 Å². The van der Waals surface area contributed by atoms with Crippen molar-refractivity contribution in [1.29, 1.82) is 0 Å². The summed E-state index contributed by atoms with van der Waals surface area (Å²) >= 11 is 0. The lowest BCUT2D eigenvalue weighted by Gasteiger charge is -2.18. The standard InChI is InChI=1S/C24H20N2O5/c1-12-5-8-17(24(30)31)18(9-12)25-21(27)15-3-2-4-16(11-15)26-22(28)19-13-6-7-14(10-13)20(19)23(26)29/h2-9,11,13-14,19-20H,10H2,1H3,(H,25,27)(H,30,31)/t13-,14-,19+,20+/m0/s1. The molecule has 1 saturated carbocycles. The number of aromatic carboxylic acids is 1. The molecule has 5 rings (SSSR count). The van der Waals surface area contributed by atoms with Crippen LogP contribution in [0.3, 0.4) is 0 Å². The van der Waals surface area contributed by atoms with Gasteiger partial charge in [-0.25, -0.2) is 9.69 Å². The number of carboxylic acids is 1. The first-order valence-electron chi connectivity index (χ1n) is 10.2. The average Bonchev–Trinajstić information content (AvgIpc) is 3.41. The summed E-state index contributed by atoms with van der Waals surface area (Å²) in [7, 11) is 0. The van der Waals surface area contributed by atoms with E-state index in [1.165, 1.54) is 17.0 Å². The summed E-state index contributed by atoms with van der Waals surface area (Å²) in [6.45, 7) is 1.80. The van der Waals surface area contributed by atoms with Gasteiger partial charge in [0.2, 0.25) is 11.8 Å². The van der Waals surface area contributed by atoms with E-state index in [0.717, 1.165) is 12.0 Å². The number of hydrogen-bond acceptors (Lipinski definition) is 4. The molecule has 31 heavy (non-hydrogen) atoms. The van der Waals surface area contributed by atoms with Crippen molar-refractivity contribution in [2.45, 2.75) is 13.3 Å². The van der Waals surface area contributed by atoms with Crippen LogP contribution >= 0.6 is 0 Å². The van der Waals surface area contributed by atoms with E-state index in [9.17, 15) is 24.3 Å². The van der Waals surface area contributed by atoms with Crippen molar-refractivity contribution < 1.29 is 24.3 Å². The molecular weight excluding hydrogens is 396 g/mol. The molecule has 3 amide bonds. The van der Waals surface area contributed by atoms with E-state index in [4.69, 9.17) is 0 Å². The van der Waals surface area contributed by atoms with Crippen LogP contribution in [0.1, 0.15) is 32.7 Å². The Hall–Kier alpha value is -3.74. The summed E-state index contributed by atoms with van der Waals surface area (Å²) in [5.74, 6) is -2.50. The van der Waals surface area contributed by atoms with Gasteiger partial charge in [0.25, 0.3) is 5.91 Å². The Labute approximate surface area is 178 Å². The van der Waals surface area contributed by atoms with Crippen LogP contribution in [0.25, 0.3) is 0 Å². The molecule has 2 aromatic carbocycles. The van der Waals surface area contributed by atoms with Crippen LogP contribution in [0.5, 0.6) is 0 Å². The second kappa shape index (κ2) is 6.91. The minimum Gasteiger partial charge on any atom is -0.478 e. The number of aryl methyl sites for hydroxylation is 1. The lowest BCUT2D eigenvalue weighted by atomic mass is 9.85. The molecule has 0 aromatic heterocycles. The Kier molecular flexibility index (Phi) is 4.28. The first kappa shape index (κ1) is 19.2. The smallest absolute Gasteiger partial charge is 0.337 e. The monoisotopic (exact) mass is 416 g/mol. The number of carbonyl (C=O) groups excluding carboxylic acids is 3. The quantitative estimate of drug-likeness (QED) is 0.588. The van der Waals surface area contributed by atoms with Gasteiger partial charge < -0.3 is 10.4 Å². The number of nitrogens with zero attached hydrogens (tertiary/aromatic N) is 1. The zero-order chi connectivity index (χ0) is 21.9. The summed E-state index contributed by atoms with van der Waals surface area (Å²) in [5, 5.41) is 12.0. The van der Waals surface area contributed by atoms with E-state index in [1.807, 2.05) is 12.2 Å². The third-order valence-electron chi connectivity index (χ3n) is 6.49. The van der Waals surface area contributed by atoms with Gasteiger partial charge in [0.05, 0.1) is 28.8 Å². The third-order valence-corrected chi connectivity index (χ3v) is 6.49. The zero-order valence-corrected chi connectivity index (χ0v) is 16.7. The molecule has 1 heterocycles. The van der Waals surface area contributed by atoms with Gasteiger partial charge in [0.1, 0.15) is 0 Å². The Morgan fingerprint density at radius 1 is 1.00 bits per heavy atom. The minimum absolute atomic E-state index is 0.0178. The van der Waals surface area contributed by atoms with Crippen LogP contribution in [-0.2, 0) is 9.59 Å². The van der Waals surface area contributed by atoms with Gasteiger partial charge in [-0.3, -0.25) is 14.4 Å². The minimum atomic E-state index is -1.15. The highest BCUT2D eigenvalue weighted by Crippen LogP contribution is 2.53. The van der Waals surface area contributed by atoms with Crippen LogP contribution in [0.2, 0.25) is 0 Å². The van der Waals surface area contributed by atoms with Crippen LogP contribution in [0, 0.1) is 30.6 Å². The van der Waals surface area contributed by atoms with Gasteiger partial charge in [-0.1, -0.05) is 24.3 Å². The molecule has 0 spiro atoms. The molecule has 7 heteroatoms. The first-order valence-corrected chi connectivity index (χ1v) is 10.2. The molecule has 7 nitrogen and oxygen atoms in total. The maximum absolute atomic E-state index is 13.0. The van der Waals surface area contributed by atoms with Crippen molar-refractivity contribution >= 4 is 35.1 Å². The highest BCUT2D eigenvalue weighted by molar-refractivity contribution is 6.23. The molecule has 0 radical (unpaired) electrons. The average molecular weight is 416 g/mol. The van der Waals surface area contributed by atoms with Gasteiger partial charge in [0.15, 0.2) is 0 Å². The van der Waals surface area contributed by atoms with Gasteiger partial charge in [-0.15, -0.1) is 0 Å².